The molecule has 0 heterocycles. The van der Waals surface area contributed by atoms with Crippen molar-refractivity contribution in [1.82, 2.24) is 10.2 Å². The second-order valence-electron chi connectivity index (χ2n) is 7.02. The maximum Gasteiger partial charge on any atom is 0.00640 e. The van der Waals surface area contributed by atoms with E-state index >= 15 is 0 Å². The Hall–Kier alpha value is -0.0800. The van der Waals surface area contributed by atoms with Crippen molar-refractivity contribution < 1.29 is 0 Å². The summed E-state index contributed by atoms with van der Waals surface area (Å²) in [6, 6.07) is 0.725. The van der Waals surface area contributed by atoms with Gasteiger partial charge in [0.15, 0.2) is 0 Å². The average Bonchev–Trinajstić information content (AvgIpc) is 2.40. The van der Waals surface area contributed by atoms with Crippen LogP contribution in [0.2, 0.25) is 0 Å². The molecule has 114 valence electrons. The predicted molar refractivity (Wildman–Crippen MR) is 85.6 cm³/mol. The highest BCUT2D eigenvalue weighted by atomic mass is 15.1. The normalized spacial score (nSPS) is 29.7. The Morgan fingerprint density at radius 1 is 1.26 bits per heavy atom. The van der Waals surface area contributed by atoms with Crippen LogP contribution in [-0.4, -0.2) is 37.6 Å². The summed E-state index contributed by atoms with van der Waals surface area (Å²) in [5.74, 6) is 0.938. The molecule has 0 aromatic carbocycles. The maximum absolute atomic E-state index is 3.62. The van der Waals surface area contributed by atoms with Crippen molar-refractivity contribution in [2.75, 3.05) is 26.7 Å². The summed E-state index contributed by atoms with van der Waals surface area (Å²) in [4.78, 5) is 2.61. The predicted octanol–water partition coefficient (Wildman–Crippen LogP) is 3.91. The highest BCUT2D eigenvalue weighted by molar-refractivity contribution is 4.89. The van der Waals surface area contributed by atoms with Crippen LogP contribution in [0.5, 0.6) is 0 Å². The molecule has 0 amide bonds. The standard InChI is InChI=1S/C17H36N2/c1-6-8-16(4)19(5)14-17(13-18-7-2)11-9-15(3)10-12-17/h15-16,18H,6-14H2,1-5H3. The molecule has 1 atom stereocenters. The smallest absolute Gasteiger partial charge is 0.00640 e. The SMILES string of the molecule is CCCC(C)N(C)CC1(CNCC)CCC(C)CC1. The van der Waals surface area contributed by atoms with Gasteiger partial charge in [-0.2, -0.15) is 0 Å². The average molecular weight is 268 g/mol. The minimum Gasteiger partial charge on any atom is -0.316 e. The van der Waals surface area contributed by atoms with Gasteiger partial charge in [0.05, 0.1) is 0 Å². The fourth-order valence-electron chi connectivity index (χ4n) is 3.48. The first-order valence-electron chi connectivity index (χ1n) is 8.44. The van der Waals surface area contributed by atoms with E-state index in [1.54, 1.807) is 0 Å². The largest absolute Gasteiger partial charge is 0.316 e. The fraction of sp³-hybridized carbons (Fsp3) is 1.00. The van der Waals surface area contributed by atoms with E-state index in [0.717, 1.165) is 18.5 Å². The van der Waals surface area contributed by atoms with Gasteiger partial charge in [0.25, 0.3) is 0 Å². The van der Waals surface area contributed by atoms with Gasteiger partial charge in [-0.3, -0.25) is 0 Å². The summed E-state index contributed by atoms with van der Waals surface area (Å²) in [5.41, 5.74) is 0.527. The topological polar surface area (TPSA) is 15.3 Å². The molecule has 1 N–H and O–H groups in total. The van der Waals surface area contributed by atoms with Gasteiger partial charge >= 0.3 is 0 Å². The van der Waals surface area contributed by atoms with E-state index in [4.69, 9.17) is 0 Å². The zero-order valence-corrected chi connectivity index (χ0v) is 14.0. The van der Waals surface area contributed by atoms with Crippen LogP contribution in [0.25, 0.3) is 0 Å². The van der Waals surface area contributed by atoms with Crippen molar-refractivity contribution in [3.63, 3.8) is 0 Å². The number of rotatable bonds is 8. The van der Waals surface area contributed by atoms with E-state index in [1.165, 1.54) is 51.6 Å². The molecule has 2 heteroatoms. The molecule has 0 radical (unpaired) electrons. The fourth-order valence-corrected chi connectivity index (χ4v) is 3.48. The van der Waals surface area contributed by atoms with E-state index in [9.17, 15) is 0 Å². The monoisotopic (exact) mass is 268 g/mol. The molecule has 0 aromatic rings. The summed E-state index contributed by atoms with van der Waals surface area (Å²) < 4.78 is 0. The molecular weight excluding hydrogens is 232 g/mol. The molecule has 1 unspecified atom stereocenters. The van der Waals surface area contributed by atoms with Gasteiger partial charge in [0.2, 0.25) is 0 Å². The Bertz CT molecular complexity index is 226. The molecule has 1 saturated carbocycles. The van der Waals surface area contributed by atoms with Gasteiger partial charge in [-0.1, -0.05) is 40.0 Å². The molecular formula is C17H36N2. The Balaban J connectivity index is 2.58. The number of nitrogens with one attached hydrogen (secondary N) is 1. The first-order valence-corrected chi connectivity index (χ1v) is 8.44. The Morgan fingerprint density at radius 3 is 2.42 bits per heavy atom. The number of hydrogen-bond acceptors (Lipinski definition) is 2. The van der Waals surface area contributed by atoms with Crippen molar-refractivity contribution in [3.8, 4) is 0 Å². The lowest BCUT2D eigenvalue weighted by Gasteiger charge is -2.43. The summed E-state index contributed by atoms with van der Waals surface area (Å²) in [6.07, 6.45) is 8.27. The van der Waals surface area contributed by atoms with Crippen LogP contribution < -0.4 is 5.32 Å². The lowest BCUT2D eigenvalue weighted by atomic mass is 9.70. The van der Waals surface area contributed by atoms with Gasteiger partial charge in [-0.05, 0) is 51.1 Å². The Kier molecular flexibility index (Phi) is 7.38. The quantitative estimate of drug-likeness (QED) is 0.718. The van der Waals surface area contributed by atoms with E-state index in [-0.39, 0.29) is 0 Å². The number of hydrogen-bond donors (Lipinski definition) is 1. The Labute approximate surface area is 121 Å². The van der Waals surface area contributed by atoms with Gasteiger partial charge in [0.1, 0.15) is 0 Å². The lowest BCUT2D eigenvalue weighted by molar-refractivity contribution is 0.0804. The summed E-state index contributed by atoms with van der Waals surface area (Å²) >= 11 is 0. The van der Waals surface area contributed by atoms with Gasteiger partial charge in [-0.25, -0.2) is 0 Å². The molecule has 1 aliphatic carbocycles. The Morgan fingerprint density at radius 2 is 1.89 bits per heavy atom. The maximum atomic E-state index is 3.62. The molecule has 19 heavy (non-hydrogen) atoms. The second kappa shape index (κ2) is 8.26. The molecule has 1 aliphatic rings. The van der Waals surface area contributed by atoms with Crippen LogP contribution in [0, 0.1) is 11.3 Å². The third-order valence-corrected chi connectivity index (χ3v) is 5.13. The molecule has 2 nitrogen and oxygen atoms in total. The van der Waals surface area contributed by atoms with Crippen LogP contribution in [-0.2, 0) is 0 Å². The van der Waals surface area contributed by atoms with Crippen molar-refractivity contribution in [2.24, 2.45) is 11.3 Å². The van der Waals surface area contributed by atoms with Crippen molar-refractivity contribution in [2.45, 2.75) is 72.3 Å². The molecule has 0 aromatic heterocycles. The molecule has 0 aliphatic heterocycles. The van der Waals surface area contributed by atoms with E-state index in [1.807, 2.05) is 0 Å². The summed E-state index contributed by atoms with van der Waals surface area (Å²) in [5, 5.41) is 3.62. The highest BCUT2D eigenvalue weighted by Gasteiger charge is 2.35. The first kappa shape index (κ1) is 17.0. The minimum atomic E-state index is 0.527. The van der Waals surface area contributed by atoms with E-state index in [0.29, 0.717) is 5.41 Å². The van der Waals surface area contributed by atoms with E-state index in [2.05, 4.69) is 45.0 Å². The van der Waals surface area contributed by atoms with Crippen LogP contribution in [0.1, 0.15) is 66.2 Å². The second-order valence-corrected chi connectivity index (χ2v) is 7.02. The molecule has 1 fully saturated rings. The van der Waals surface area contributed by atoms with Gasteiger partial charge < -0.3 is 10.2 Å². The zero-order valence-electron chi connectivity index (χ0n) is 14.0. The lowest BCUT2D eigenvalue weighted by Crippen LogP contribution is -2.47. The van der Waals surface area contributed by atoms with Crippen molar-refractivity contribution in [1.29, 1.82) is 0 Å². The van der Waals surface area contributed by atoms with Gasteiger partial charge in [0, 0.05) is 19.1 Å². The van der Waals surface area contributed by atoms with E-state index < -0.39 is 0 Å². The summed E-state index contributed by atoms with van der Waals surface area (Å²) in [7, 11) is 2.33. The minimum absolute atomic E-state index is 0.527. The van der Waals surface area contributed by atoms with Gasteiger partial charge in [-0.15, -0.1) is 0 Å². The van der Waals surface area contributed by atoms with Crippen molar-refractivity contribution in [3.05, 3.63) is 0 Å². The number of nitrogens with zero attached hydrogens (tertiary/aromatic N) is 1. The summed E-state index contributed by atoms with van der Waals surface area (Å²) in [6.45, 7) is 12.9. The highest BCUT2D eigenvalue weighted by Crippen LogP contribution is 2.39. The van der Waals surface area contributed by atoms with Crippen LogP contribution in [0.3, 0.4) is 0 Å². The van der Waals surface area contributed by atoms with Crippen LogP contribution >= 0.6 is 0 Å². The third-order valence-electron chi connectivity index (χ3n) is 5.13. The van der Waals surface area contributed by atoms with Crippen LogP contribution in [0.15, 0.2) is 0 Å². The molecule has 0 spiro atoms. The molecule has 1 rings (SSSR count). The zero-order chi connectivity index (χ0) is 14.3. The first-order chi connectivity index (χ1) is 9.03. The van der Waals surface area contributed by atoms with Crippen molar-refractivity contribution >= 4 is 0 Å². The van der Waals surface area contributed by atoms with Crippen LogP contribution in [0.4, 0.5) is 0 Å². The molecule has 0 bridgehead atoms. The third kappa shape index (κ3) is 5.43. The molecule has 0 saturated heterocycles.